The van der Waals surface area contributed by atoms with Gasteiger partial charge in [0, 0.05) is 5.56 Å². The Morgan fingerprint density at radius 2 is 1.32 bits per heavy atom. The molecule has 0 fully saturated rings. The number of ketones is 1. The molecule has 1 N–H and O–H groups in total. The van der Waals surface area contributed by atoms with Crippen molar-refractivity contribution in [2.24, 2.45) is 0 Å². The highest BCUT2D eigenvalue weighted by molar-refractivity contribution is 6.10. The largest absolute Gasteiger partial charge is 0.504 e. The van der Waals surface area contributed by atoms with Crippen molar-refractivity contribution in [2.75, 3.05) is 0 Å². The van der Waals surface area contributed by atoms with Gasteiger partial charge in [-0.05, 0) is 96.6 Å². The minimum absolute atomic E-state index is 0.144. The van der Waals surface area contributed by atoms with Crippen LogP contribution in [0.5, 0.6) is 0 Å². The van der Waals surface area contributed by atoms with Crippen molar-refractivity contribution in [3.63, 3.8) is 0 Å². The molecule has 0 aliphatic carbocycles. The van der Waals surface area contributed by atoms with Gasteiger partial charge in [-0.1, -0.05) is 104 Å². The molecule has 2 aromatic rings. The maximum atomic E-state index is 13.9. The van der Waals surface area contributed by atoms with Crippen LogP contribution in [0.4, 0.5) is 0 Å². The number of aryl methyl sites for hydroxylation is 1. The Kier molecular flexibility index (Phi) is 13.2. The Morgan fingerprint density at radius 1 is 0.757 bits per heavy atom. The molecule has 2 rings (SSSR count). The number of carbonyl (C=O) groups is 1. The molecule has 0 aromatic heterocycles. The molecule has 0 radical (unpaired) electrons. The van der Waals surface area contributed by atoms with E-state index in [0.29, 0.717) is 23.3 Å². The first kappa shape index (κ1) is 30.9. The Hall–Kier alpha value is -2.35. The molecule has 2 aromatic carbocycles. The predicted molar refractivity (Wildman–Crippen MR) is 161 cm³/mol. The van der Waals surface area contributed by atoms with Crippen molar-refractivity contribution in [3.8, 4) is 0 Å². The van der Waals surface area contributed by atoms with Crippen LogP contribution in [0.15, 0.2) is 42.2 Å². The van der Waals surface area contributed by atoms with E-state index in [1.165, 1.54) is 22.3 Å². The van der Waals surface area contributed by atoms with Gasteiger partial charge >= 0.3 is 0 Å². The lowest BCUT2D eigenvalue weighted by molar-refractivity contribution is 0.0978. The van der Waals surface area contributed by atoms with E-state index in [0.717, 1.165) is 69.8 Å². The number of aliphatic hydroxyl groups excluding tert-OH is 1. The minimum Gasteiger partial charge on any atom is -0.504 e. The Labute approximate surface area is 227 Å². The van der Waals surface area contributed by atoms with Crippen molar-refractivity contribution < 1.29 is 9.90 Å². The zero-order valence-electron chi connectivity index (χ0n) is 24.7. The summed E-state index contributed by atoms with van der Waals surface area (Å²) in [6.45, 7) is 15.5. The van der Waals surface area contributed by atoms with Crippen LogP contribution in [0.25, 0.3) is 6.08 Å². The molecule has 3 unspecified atom stereocenters. The summed E-state index contributed by atoms with van der Waals surface area (Å²) in [7, 11) is 0. The van der Waals surface area contributed by atoms with Crippen LogP contribution in [0.3, 0.4) is 0 Å². The van der Waals surface area contributed by atoms with E-state index in [4.69, 9.17) is 0 Å². The average Bonchev–Trinajstić information content (AvgIpc) is 2.92. The van der Waals surface area contributed by atoms with Gasteiger partial charge in [0.25, 0.3) is 0 Å². The standard InChI is InChI=1S/C35H52O2/c1-8-16-26(12-5)30-22-21-25(11-4)23-29(30)24-33(36)35(37)32-20-15-19-31(27(13-6)17-9-2)34(32)28(14-7)18-10-3/h15,19-24,26-28,36H,8-14,16-18H2,1-7H3. The lowest BCUT2D eigenvalue weighted by atomic mass is 9.78. The van der Waals surface area contributed by atoms with E-state index in [-0.39, 0.29) is 11.5 Å². The smallest absolute Gasteiger partial charge is 0.227 e. The van der Waals surface area contributed by atoms with Gasteiger partial charge < -0.3 is 5.11 Å². The van der Waals surface area contributed by atoms with E-state index < -0.39 is 0 Å². The van der Waals surface area contributed by atoms with Crippen LogP contribution < -0.4 is 0 Å². The predicted octanol–water partition coefficient (Wildman–Crippen LogP) is 10.9. The van der Waals surface area contributed by atoms with Gasteiger partial charge in [0.1, 0.15) is 0 Å². The summed E-state index contributed by atoms with van der Waals surface area (Å²) in [4.78, 5) is 13.9. The number of hydrogen-bond donors (Lipinski definition) is 1. The molecule has 0 spiro atoms. The van der Waals surface area contributed by atoms with Gasteiger partial charge in [-0.2, -0.15) is 0 Å². The van der Waals surface area contributed by atoms with Crippen molar-refractivity contribution >= 4 is 11.9 Å². The van der Waals surface area contributed by atoms with Crippen LogP contribution in [0.1, 0.15) is 162 Å². The number of carbonyl (C=O) groups excluding carboxylic acids is 1. The third-order valence-electron chi connectivity index (χ3n) is 8.15. The summed E-state index contributed by atoms with van der Waals surface area (Å²) >= 11 is 0. The number of allylic oxidation sites excluding steroid dienone is 1. The second-order valence-corrected chi connectivity index (χ2v) is 10.7. The lowest BCUT2D eigenvalue weighted by Crippen LogP contribution is -2.15. The fraction of sp³-hybridized carbons (Fsp3) is 0.571. The summed E-state index contributed by atoms with van der Waals surface area (Å²) in [6, 6.07) is 12.8. The van der Waals surface area contributed by atoms with E-state index in [9.17, 15) is 9.90 Å². The molecule has 2 heteroatoms. The third-order valence-corrected chi connectivity index (χ3v) is 8.15. The van der Waals surface area contributed by atoms with E-state index in [2.05, 4.69) is 72.7 Å². The number of hydrogen-bond acceptors (Lipinski definition) is 2. The molecule has 0 aliphatic rings. The summed E-state index contributed by atoms with van der Waals surface area (Å²) in [5.74, 6) is 0.810. The summed E-state index contributed by atoms with van der Waals surface area (Å²) in [5, 5.41) is 11.3. The topological polar surface area (TPSA) is 37.3 Å². The van der Waals surface area contributed by atoms with Gasteiger partial charge in [-0.25, -0.2) is 0 Å². The summed E-state index contributed by atoms with van der Waals surface area (Å²) in [6.07, 6.45) is 12.4. The Morgan fingerprint density at radius 3 is 1.86 bits per heavy atom. The van der Waals surface area contributed by atoms with Crippen LogP contribution in [0.2, 0.25) is 0 Å². The molecule has 2 nitrogen and oxygen atoms in total. The summed E-state index contributed by atoms with van der Waals surface area (Å²) < 4.78 is 0. The number of rotatable bonds is 16. The lowest BCUT2D eigenvalue weighted by Gasteiger charge is -2.26. The van der Waals surface area contributed by atoms with Gasteiger partial charge in [-0.15, -0.1) is 0 Å². The molecule has 0 aliphatic heterocycles. The van der Waals surface area contributed by atoms with Crippen molar-refractivity contribution in [1.29, 1.82) is 0 Å². The zero-order valence-corrected chi connectivity index (χ0v) is 24.7. The number of benzene rings is 2. The second-order valence-electron chi connectivity index (χ2n) is 10.7. The minimum atomic E-state index is -0.242. The van der Waals surface area contributed by atoms with Gasteiger partial charge in [-0.3, -0.25) is 4.79 Å². The highest BCUT2D eigenvalue weighted by Gasteiger charge is 2.26. The van der Waals surface area contributed by atoms with Gasteiger partial charge in [0.2, 0.25) is 5.78 Å². The van der Waals surface area contributed by atoms with E-state index >= 15 is 0 Å². The Bertz CT molecular complexity index is 1020. The fourth-order valence-corrected chi connectivity index (χ4v) is 6.04. The third kappa shape index (κ3) is 7.82. The van der Waals surface area contributed by atoms with Crippen LogP contribution in [-0.4, -0.2) is 10.9 Å². The number of Topliss-reactive ketones (excluding diaryl/α,β-unsaturated/α-hetero) is 1. The molecule has 0 bridgehead atoms. The summed E-state index contributed by atoms with van der Waals surface area (Å²) in [5.41, 5.74) is 6.63. The molecule has 204 valence electrons. The maximum absolute atomic E-state index is 13.9. The first-order valence-electron chi connectivity index (χ1n) is 15.1. The second kappa shape index (κ2) is 15.8. The monoisotopic (exact) mass is 504 g/mol. The molecular formula is C35H52O2. The molecule has 3 atom stereocenters. The average molecular weight is 505 g/mol. The van der Waals surface area contributed by atoms with Gasteiger partial charge in [0.05, 0.1) is 0 Å². The van der Waals surface area contributed by atoms with Crippen LogP contribution >= 0.6 is 0 Å². The van der Waals surface area contributed by atoms with Crippen molar-refractivity contribution in [1.82, 2.24) is 0 Å². The van der Waals surface area contributed by atoms with Crippen LogP contribution in [-0.2, 0) is 6.42 Å². The molecule has 0 heterocycles. The zero-order chi connectivity index (χ0) is 27.4. The number of aliphatic hydroxyl groups is 1. The highest BCUT2D eigenvalue weighted by atomic mass is 16.3. The molecular weight excluding hydrogens is 452 g/mol. The van der Waals surface area contributed by atoms with E-state index in [1.54, 1.807) is 6.08 Å². The maximum Gasteiger partial charge on any atom is 0.227 e. The molecule has 0 saturated heterocycles. The molecule has 0 amide bonds. The quantitative estimate of drug-likeness (QED) is 0.140. The van der Waals surface area contributed by atoms with Gasteiger partial charge in [0.15, 0.2) is 5.76 Å². The van der Waals surface area contributed by atoms with Crippen molar-refractivity contribution in [3.05, 3.63) is 75.5 Å². The van der Waals surface area contributed by atoms with E-state index in [1.807, 2.05) is 12.1 Å². The first-order chi connectivity index (χ1) is 17.9. The fourth-order valence-electron chi connectivity index (χ4n) is 6.04. The molecule has 37 heavy (non-hydrogen) atoms. The van der Waals surface area contributed by atoms with Crippen LogP contribution in [0, 0.1) is 0 Å². The highest BCUT2D eigenvalue weighted by Crippen LogP contribution is 2.38. The molecule has 0 saturated carbocycles. The Balaban J connectivity index is 2.67. The normalized spacial score (nSPS) is 14.4. The van der Waals surface area contributed by atoms with Crippen molar-refractivity contribution in [2.45, 2.75) is 130 Å². The first-order valence-corrected chi connectivity index (χ1v) is 15.1. The SMILES string of the molecule is CCCC(CC)c1ccc(CC)cc1C=C(O)C(=O)c1cccc(C(CC)CCC)c1C(CC)CCC.